The van der Waals surface area contributed by atoms with Crippen molar-refractivity contribution in [2.45, 2.75) is 6.42 Å². The molecule has 1 aromatic heterocycles. The number of aromatic nitrogens is 1. The fourth-order valence-corrected chi connectivity index (χ4v) is 2.33. The van der Waals surface area contributed by atoms with Gasteiger partial charge in [-0.2, -0.15) is 0 Å². The minimum absolute atomic E-state index is 0.0208. The Bertz CT molecular complexity index is 843. The van der Waals surface area contributed by atoms with Crippen LogP contribution in [0.15, 0.2) is 53.2 Å². The summed E-state index contributed by atoms with van der Waals surface area (Å²) in [5.41, 5.74) is 1.31. The van der Waals surface area contributed by atoms with Gasteiger partial charge in [0.2, 0.25) is 0 Å². The molecule has 6 heteroatoms. The number of pyridine rings is 1. The number of ketones is 2. The lowest BCUT2D eigenvalue weighted by atomic mass is 10.1. The molecule has 1 heterocycles. The van der Waals surface area contributed by atoms with Crippen molar-refractivity contribution in [3.05, 3.63) is 64.4 Å². The number of nitrogens with zero attached hydrogens (tertiary/aromatic N) is 1. The van der Waals surface area contributed by atoms with E-state index in [1.165, 1.54) is 25.3 Å². The molecule has 0 spiro atoms. The summed E-state index contributed by atoms with van der Waals surface area (Å²) in [6.07, 6.45) is 5.57. The van der Waals surface area contributed by atoms with Gasteiger partial charge in [-0.15, -0.1) is 0 Å². The zero-order chi connectivity index (χ0) is 18.2. The van der Waals surface area contributed by atoms with E-state index < -0.39 is 0 Å². The lowest BCUT2D eigenvalue weighted by Gasteiger charge is -2.03. The van der Waals surface area contributed by atoms with Gasteiger partial charge in [-0.3, -0.25) is 9.59 Å². The smallest absolute Gasteiger partial charge is 0.163 e. The fraction of sp³-hybridized carbons (Fsp3) is 0.105. The first-order valence-corrected chi connectivity index (χ1v) is 8.18. The van der Waals surface area contributed by atoms with Crippen LogP contribution in [0.2, 0.25) is 0 Å². The molecule has 2 aromatic rings. The van der Waals surface area contributed by atoms with Crippen LogP contribution in [-0.2, 0) is 9.59 Å². The molecule has 1 N–H and O–H groups in total. The van der Waals surface area contributed by atoms with Gasteiger partial charge in [0.15, 0.2) is 23.1 Å². The van der Waals surface area contributed by atoms with Crippen LogP contribution in [0, 0.1) is 0 Å². The summed E-state index contributed by atoms with van der Waals surface area (Å²) < 4.78 is 5.67. The van der Waals surface area contributed by atoms with E-state index in [4.69, 9.17) is 4.74 Å². The molecular weight excluding hydrogens is 386 g/mol. The zero-order valence-corrected chi connectivity index (χ0v) is 15.1. The number of hydrogen-bond acceptors (Lipinski definition) is 5. The summed E-state index contributed by atoms with van der Waals surface area (Å²) in [7, 11) is 1.44. The maximum absolute atomic E-state index is 11.9. The molecule has 0 aliphatic heterocycles. The lowest BCUT2D eigenvalue weighted by molar-refractivity contribution is -0.121. The van der Waals surface area contributed by atoms with Gasteiger partial charge in [-0.25, -0.2) is 4.98 Å². The lowest BCUT2D eigenvalue weighted by Crippen LogP contribution is -2.02. The van der Waals surface area contributed by atoms with Crippen molar-refractivity contribution in [1.29, 1.82) is 0 Å². The standard InChI is InChI=1S/C19H16BrNO4/c1-25-18-11-13(6-10-17(18)24)5-8-15(22)12-16(23)9-7-14-3-2-4-19(20)21-14/h2-11,24H,12H2,1H3/b8-5+,9-7+. The van der Waals surface area contributed by atoms with Crippen LogP contribution in [0.1, 0.15) is 17.7 Å². The molecule has 0 aliphatic carbocycles. The summed E-state index contributed by atoms with van der Waals surface area (Å²) >= 11 is 3.25. The highest BCUT2D eigenvalue weighted by molar-refractivity contribution is 9.10. The first-order valence-electron chi connectivity index (χ1n) is 7.39. The van der Waals surface area contributed by atoms with E-state index in [1.807, 2.05) is 0 Å². The molecule has 0 aliphatic rings. The van der Waals surface area contributed by atoms with E-state index in [-0.39, 0.29) is 23.7 Å². The number of halogens is 1. The Balaban J connectivity index is 1.94. The molecule has 0 radical (unpaired) electrons. The van der Waals surface area contributed by atoms with E-state index in [9.17, 15) is 14.7 Å². The SMILES string of the molecule is COc1cc(/C=C/C(=O)CC(=O)/C=C/c2cccc(Br)n2)ccc1O. The highest BCUT2D eigenvalue weighted by Crippen LogP contribution is 2.26. The molecule has 0 bridgehead atoms. The zero-order valence-electron chi connectivity index (χ0n) is 13.5. The van der Waals surface area contributed by atoms with Gasteiger partial charge in [0.05, 0.1) is 19.2 Å². The number of ether oxygens (including phenoxy) is 1. The number of rotatable bonds is 7. The molecule has 0 atom stereocenters. The number of phenols is 1. The Kier molecular flexibility index (Phi) is 6.65. The average molecular weight is 402 g/mol. The van der Waals surface area contributed by atoms with Gasteiger partial charge >= 0.3 is 0 Å². The molecule has 25 heavy (non-hydrogen) atoms. The first-order chi connectivity index (χ1) is 12.0. The van der Waals surface area contributed by atoms with E-state index in [0.717, 1.165) is 0 Å². The summed E-state index contributed by atoms with van der Waals surface area (Å²) in [4.78, 5) is 27.9. The van der Waals surface area contributed by atoms with Crippen LogP contribution in [0.3, 0.4) is 0 Å². The maximum atomic E-state index is 11.9. The van der Waals surface area contributed by atoms with Crippen LogP contribution < -0.4 is 4.74 Å². The molecule has 0 saturated carbocycles. The number of aromatic hydroxyl groups is 1. The highest BCUT2D eigenvalue weighted by atomic mass is 79.9. The molecule has 0 saturated heterocycles. The number of hydrogen-bond donors (Lipinski definition) is 1. The van der Waals surface area contributed by atoms with E-state index in [0.29, 0.717) is 21.6 Å². The van der Waals surface area contributed by atoms with Crippen LogP contribution in [0.4, 0.5) is 0 Å². The molecule has 0 unspecified atom stereocenters. The average Bonchev–Trinajstić information content (AvgIpc) is 2.59. The second kappa shape index (κ2) is 8.94. The van der Waals surface area contributed by atoms with Crippen molar-refractivity contribution in [2.24, 2.45) is 0 Å². The van der Waals surface area contributed by atoms with Gasteiger partial charge in [0, 0.05) is 0 Å². The van der Waals surface area contributed by atoms with E-state index >= 15 is 0 Å². The molecular formula is C19H16BrNO4. The molecule has 0 fully saturated rings. The molecule has 2 rings (SSSR count). The topological polar surface area (TPSA) is 76.5 Å². The third kappa shape index (κ3) is 6.00. The summed E-state index contributed by atoms with van der Waals surface area (Å²) in [6, 6.07) is 10.1. The van der Waals surface area contributed by atoms with Crippen molar-refractivity contribution in [2.75, 3.05) is 7.11 Å². The number of carbonyl (C=O) groups excluding carboxylic acids is 2. The number of carbonyl (C=O) groups is 2. The third-order valence-corrected chi connectivity index (χ3v) is 3.63. The minimum Gasteiger partial charge on any atom is -0.504 e. The van der Waals surface area contributed by atoms with Gasteiger partial charge in [-0.05, 0) is 64.0 Å². The number of benzene rings is 1. The quantitative estimate of drug-likeness (QED) is 0.433. The van der Waals surface area contributed by atoms with E-state index in [2.05, 4.69) is 20.9 Å². The largest absolute Gasteiger partial charge is 0.504 e. The number of allylic oxidation sites excluding steroid dienone is 2. The predicted octanol–water partition coefficient (Wildman–Crippen LogP) is 3.81. The highest BCUT2D eigenvalue weighted by Gasteiger charge is 2.05. The third-order valence-electron chi connectivity index (χ3n) is 3.19. The molecule has 128 valence electrons. The Morgan fingerprint density at radius 1 is 1.16 bits per heavy atom. The van der Waals surface area contributed by atoms with Crippen LogP contribution in [-0.4, -0.2) is 28.8 Å². The summed E-state index contributed by atoms with van der Waals surface area (Å²) in [5.74, 6) is -0.286. The minimum atomic E-state index is -0.316. The second-order valence-electron chi connectivity index (χ2n) is 5.09. The Morgan fingerprint density at radius 3 is 2.56 bits per heavy atom. The van der Waals surface area contributed by atoms with Gasteiger partial charge in [-0.1, -0.05) is 18.2 Å². The fourth-order valence-electron chi connectivity index (χ4n) is 1.97. The van der Waals surface area contributed by atoms with Gasteiger partial charge in [0.25, 0.3) is 0 Å². The second-order valence-corrected chi connectivity index (χ2v) is 5.91. The molecule has 5 nitrogen and oxygen atoms in total. The molecule has 1 aromatic carbocycles. The summed E-state index contributed by atoms with van der Waals surface area (Å²) in [5, 5.41) is 9.53. The van der Waals surface area contributed by atoms with Crippen molar-refractivity contribution in [3.63, 3.8) is 0 Å². The van der Waals surface area contributed by atoms with Crippen molar-refractivity contribution in [1.82, 2.24) is 4.98 Å². The van der Waals surface area contributed by atoms with Crippen LogP contribution in [0.5, 0.6) is 11.5 Å². The van der Waals surface area contributed by atoms with Crippen molar-refractivity contribution in [3.8, 4) is 11.5 Å². The Labute approximate surface area is 153 Å². The van der Waals surface area contributed by atoms with Crippen molar-refractivity contribution >= 4 is 39.6 Å². The van der Waals surface area contributed by atoms with Crippen LogP contribution in [0.25, 0.3) is 12.2 Å². The maximum Gasteiger partial charge on any atom is 0.163 e. The first kappa shape index (κ1) is 18.6. The monoisotopic (exact) mass is 401 g/mol. The van der Waals surface area contributed by atoms with Gasteiger partial charge in [0.1, 0.15) is 4.60 Å². The number of methoxy groups -OCH3 is 1. The van der Waals surface area contributed by atoms with E-state index in [1.54, 1.807) is 42.5 Å². The van der Waals surface area contributed by atoms with Crippen molar-refractivity contribution < 1.29 is 19.4 Å². The van der Waals surface area contributed by atoms with Gasteiger partial charge < -0.3 is 9.84 Å². The Morgan fingerprint density at radius 2 is 1.88 bits per heavy atom. The summed E-state index contributed by atoms with van der Waals surface area (Å²) in [6.45, 7) is 0. The Hall–Kier alpha value is -2.73. The van der Waals surface area contributed by atoms with Crippen LogP contribution >= 0.6 is 15.9 Å². The predicted molar refractivity (Wildman–Crippen MR) is 99.3 cm³/mol. The number of phenolic OH excluding ortho intramolecular Hbond substituents is 1. The normalized spacial score (nSPS) is 11.1. The molecule has 0 amide bonds.